The van der Waals surface area contributed by atoms with Crippen LogP contribution >= 0.6 is 11.6 Å². The first-order chi connectivity index (χ1) is 16.9. The fraction of sp³-hybridized carbons (Fsp3) is 0.333. The molecule has 1 fully saturated rings. The molecule has 1 aromatic heterocycles. The number of fused-ring (bicyclic) bond motifs is 1. The largest absolute Gasteiger partial charge is 0.493 e. The number of halogens is 1. The van der Waals surface area contributed by atoms with E-state index >= 15 is 0 Å². The lowest BCUT2D eigenvalue weighted by atomic mass is 10.2. The molecular formula is C24H26ClN5O5. The van der Waals surface area contributed by atoms with Gasteiger partial charge >= 0.3 is 0 Å². The van der Waals surface area contributed by atoms with Crippen molar-refractivity contribution in [2.45, 2.75) is 6.54 Å². The highest BCUT2D eigenvalue weighted by Crippen LogP contribution is 2.29. The predicted molar refractivity (Wildman–Crippen MR) is 132 cm³/mol. The molecule has 184 valence electrons. The fourth-order valence-corrected chi connectivity index (χ4v) is 4.17. The zero-order valence-electron chi connectivity index (χ0n) is 19.5. The van der Waals surface area contributed by atoms with Crippen LogP contribution < -0.4 is 25.2 Å². The van der Waals surface area contributed by atoms with E-state index in [0.29, 0.717) is 53.6 Å². The molecule has 0 radical (unpaired) electrons. The molecule has 0 aliphatic carbocycles. The van der Waals surface area contributed by atoms with Crippen LogP contribution in [0.25, 0.3) is 10.9 Å². The number of aromatic nitrogens is 2. The monoisotopic (exact) mass is 499 g/mol. The average molecular weight is 500 g/mol. The Morgan fingerprint density at radius 2 is 1.77 bits per heavy atom. The second-order valence-corrected chi connectivity index (χ2v) is 8.46. The number of hydrogen-bond acceptors (Lipinski definition) is 7. The van der Waals surface area contributed by atoms with E-state index in [1.54, 1.807) is 11.0 Å². The highest BCUT2D eigenvalue weighted by atomic mass is 35.5. The van der Waals surface area contributed by atoms with Gasteiger partial charge in [-0.2, -0.15) is 0 Å². The SMILES string of the molecule is COc1cc2ncn(CC(=O)NCC(=O)N3CCN(c4cccc(Cl)c4)CC3)c(=O)c2cc1OC. The van der Waals surface area contributed by atoms with Crippen LogP contribution in [0, 0.1) is 0 Å². The minimum absolute atomic E-state index is 0.142. The lowest BCUT2D eigenvalue weighted by molar-refractivity contribution is -0.133. The van der Waals surface area contributed by atoms with Gasteiger partial charge in [0, 0.05) is 43.0 Å². The van der Waals surface area contributed by atoms with Gasteiger partial charge in [-0.25, -0.2) is 4.98 Å². The smallest absolute Gasteiger partial charge is 0.261 e. The first-order valence-electron chi connectivity index (χ1n) is 11.1. The van der Waals surface area contributed by atoms with Crippen LogP contribution in [0.15, 0.2) is 47.5 Å². The number of anilines is 1. The van der Waals surface area contributed by atoms with Crippen molar-refractivity contribution in [3.05, 3.63) is 58.1 Å². The molecule has 1 aliphatic heterocycles. The Bertz CT molecular complexity index is 1300. The number of carbonyl (C=O) groups is 2. The molecule has 2 amide bonds. The van der Waals surface area contributed by atoms with Gasteiger partial charge in [0.1, 0.15) is 6.54 Å². The molecule has 2 heterocycles. The Morgan fingerprint density at radius 3 is 2.46 bits per heavy atom. The van der Waals surface area contributed by atoms with Crippen molar-refractivity contribution in [2.75, 3.05) is 51.8 Å². The zero-order chi connectivity index (χ0) is 24.9. The molecule has 35 heavy (non-hydrogen) atoms. The van der Waals surface area contributed by atoms with Gasteiger partial charge in [-0.05, 0) is 24.3 Å². The number of hydrogen-bond donors (Lipinski definition) is 1. The van der Waals surface area contributed by atoms with E-state index < -0.39 is 11.5 Å². The third-order valence-corrected chi connectivity index (χ3v) is 6.12. The van der Waals surface area contributed by atoms with Crippen LogP contribution in [-0.2, 0) is 16.1 Å². The predicted octanol–water partition coefficient (Wildman–Crippen LogP) is 1.53. The van der Waals surface area contributed by atoms with Crippen molar-refractivity contribution < 1.29 is 19.1 Å². The fourth-order valence-electron chi connectivity index (χ4n) is 3.98. The van der Waals surface area contributed by atoms with Crippen LogP contribution in [-0.4, -0.2) is 73.2 Å². The highest BCUT2D eigenvalue weighted by Gasteiger charge is 2.22. The van der Waals surface area contributed by atoms with Crippen molar-refractivity contribution >= 4 is 40.0 Å². The van der Waals surface area contributed by atoms with E-state index in [-0.39, 0.29) is 19.0 Å². The molecule has 0 bridgehead atoms. The van der Waals surface area contributed by atoms with Gasteiger partial charge in [0.05, 0.1) is 38.0 Å². The van der Waals surface area contributed by atoms with E-state index in [4.69, 9.17) is 21.1 Å². The van der Waals surface area contributed by atoms with Crippen molar-refractivity contribution in [3.8, 4) is 11.5 Å². The summed E-state index contributed by atoms with van der Waals surface area (Å²) in [5.41, 5.74) is 1.05. The summed E-state index contributed by atoms with van der Waals surface area (Å²) in [6, 6.07) is 10.7. The number of benzene rings is 2. The Balaban J connectivity index is 1.32. The number of amides is 2. The molecule has 10 nitrogen and oxygen atoms in total. The van der Waals surface area contributed by atoms with Crippen LogP contribution in [0.5, 0.6) is 11.5 Å². The molecule has 1 aliphatic rings. The maximum atomic E-state index is 12.8. The van der Waals surface area contributed by atoms with Gasteiger partial charge in [-0.3, -0.25) is 19.0 Å². The molecule has 3 aromatic rings. The van der Waals surface area contributed by atoms with Gasteiger partial charge in [-0.1, -0.05) is 17.7 Å². The van der Waals surface area contributed by atoms with E-state index in [9.17, 15) is 14.4 Å². The van der Waals surface area contributed by atoms with Gasteiger partial charge in [0.15, 0.2) is 11.5 Å². The standard InChI is InChI=1S/C24H26ClN5O5/c1-34-20-11-18-19(12-21(20)35-2)27-15-30(24(18)33)14-22(31)26-13-23(32)29-8-6-28(7-9-29)17-5-3-4-16(25)10-17/h3-5,10-12,15H,6-9,13-14H2,1-2H3,(H,26,31). The van der Waals surface area contributed by atoms with Gasteiger partial charge in [-0.15, -0.1) is 0 Å². The molecule has 2 aromatic carbocycles. The Morgan fingerprint density at radius 1 is 1.06 bits per heavy atom. The van der Waals surface area contributed by atoms with Crippen LogP contribution in [0.3, 0.4) is 0 Å². The first kappa shape index (κ1) is 24.3. The number of carbonyl (C=O) groups excluding carboxylic acids is 2. The molecular weight excluding hydrogens is 474 g/mol. The first-order valence-corrected chi connectivity index (χ1v) is 11.4. The van der Waals surface area contributed by atoms with Crippen molar-refractivity contribution in [3.63, 3.8) is 0 Å². The summed E-state index contributed by atoms with van der Waals surface area (Å²) < 4.78 is 11.7. The van der Waals surface area contributed by atoms with Crippen LogP contribution in [0.2, 0.25) is 5.02 Å². The van der Waals surface area contributed by atoms with E-state index in [1.165, 1.54) is 31.2 Å². The topological polar surface area (TPSA) is 106 Å². The van der Waals surface area contributed by atoms with E-state index in [1.807, 2.05) is 24.3 Å². The summed E-state index contributed by atoms with van der Waals surface area (Å²) in [6.45, 7) is 2.03. The molecule has 11 heteroatoms. The lowest BCUT2D eigenvalue weighted by Gasteiger charge is -2.36. The van der Waals surface area contributed by atoms with Gasteiger partial charge < -0.3 is 24.6 Å². The van der Waals surface area contributed by atoms with Crippen molar-refractivity contribution in [2.24, 2.45) is 0 Å². The van der Waals surface area contributed by atoms with E-state index in [2.05, 4.69) is 15.2 Å². The Labute approximate surface area is 207 Å². The van der Waals surface area contributed by atoms with Crippen molar-refractivity contribution in [1.29, 1.82) is 0 Å². The van der Waals surface area contributed by atoms with Crippen LogP contribution in [0.1, 0.15) is 0 Å². The summed E-state index contributed by atoms with van der Waals surface area (Å²) in [4.78, 5) is 46.0. The molecule has 1 saturated heterocycles. The van der Waals surface area contributed by atoms with Gasteiger partial charge in [0.25, 0.3) is 5.56 Å². The van der Waals surface area contributed by atoms with Gasteiger partial charge in [0.2, 0.25) is 11.8 Å². The number of piperazine rings is 1. The molecule has 0 unspecified atom stereocenters. The Hall–Kier alpha value is -3.79. The second kappa shape index (κ2) is 10.6. The number of methoxy groups -OCH3 is 2. The third-order valence-electron chi connectivity index (χ3n) is 5.89. The molecule has 4 rings (SSSR count). The summed E-state index contributed by atoms with van der Waals surface area (Å²) in [5.74, 6) is 0.209. The molecule has 1 N–H and O–H groups in total. The summed E-state index contributed by atoms with van der Waals surface area (Å²) >= 11 is 6.07. The van der Waals surface area contributed by atoms with E-state index in [0.717, 1.165) is 5.69 Å². The molecule has 0 atom stereocenters. The third kappa shape index (κ3) is 5.48. The summed E-state index contributed by atoms with van der Waals surface area (Å²) in [6.07, 6.45) is 1.30. The number of rotatable bonds is 7. The normalized spacial score (nSPS) is 13.6. The minimum Gasteiger partial charge on any atom is -0.493 e. The number of nitrogens with one attached hydrogen (secondary N) is 1. The highest BCUT2D eigenvalue weighted by molar-refractivity contribution is 6.30. The molecule has 0 spiro atoms. The van der Waals surface area contributed by atoms with Crippen LogP contribution in [0.4, 0.5) is 5.69 Å². The number of nitrogens with zero attached hydrogens (tertiary/aromatic N) is 4. The second-order valence-electron chi connectivity index (χ2n) is 8.03. The van der Waals surface area contributed by atoms with Crippen molar-refractivity contribution in [1.82, 2.24) is 19.8 Å². The molecule has 0 saturated carbocycles. The summed E-state index contributed by atoms with van der Waals surface area (Å²) in [5, 5.41) is 3.57. The number of ether oxygens (including phenoxy) is 2. The maximum Gasteiger partial charge on any atom is 0.261 e. The quantitative estimate of drug-likeness (QED) is 0.525. The minimum atomic E-state index is -0.459. The maximum absolute atomic E-state index is 12.8. The Kier molecular flexibility index (Phi) is 7.40. The zero-order valence-corrected chi connectivity index (χ0v) is 20.2. The summed E-state index contributed by atoms with van der Waals surface area (Å²) in [7, 11) is 2.97. The average Bonchev–Trinajstić information content (AvgIpc) is 2.88. The lowest BCUT2D eigenvalue weighted by Crippen LogP contribution is -2.51.